The Morgan fingerprint density at radius 2 is 2.11 bits per heavy atom. The first-order chi connectivity index (χ1) is 13.1. The number of rotatable bonds is 5. The second kappa shape index (κ2) is 7.24. The number of carbonyl (C=O) groups is 1. The van der Waals surface area contributed by atoms with Crippen LogP contribution >= 0.6 is 0 Å². The number of aliphatic hydroxyl groups is 1. The Morgan fingerprint density at radius 1 is 1.30 bits per heavy atom. The van der Waals surface area contributed by atoms with Crippen LogP contribution in [0, 0.1) is 12.8 Å². The lowest BCUT2D eigenvalue weighted by Crippen LogP contribution is -2.41. The quantitative estimate of drug-likeness (QED) is 0.852. The van der Waals surface area contributed by atoms with E-state index in [1.165, 1.54) is 5.56 Å². The van der Waals surface area contributed by atoms with E-state index in [2.05, 4.69) is 11.4 Å². The van der Waals surface area contributed by atoms with Crippen LogP contribution in [-0.2, 0) is 6.42 Å². The molecule has 4 rings (SSSR count). The number of carbonyl (C=O) groups excluding carboxylic acids is 1. The van der Waals surface area contributed by atoms with Crippen LogP contribution in [0.15, 0.2) is 36.4 Å². The summed E-state index contributed by atoms with van der Waals surface area (Å²) in [6.07, 6.45) is 2.01. The fraction of sp³-hybridized carbons (Fsp3) is 0.409. The number of amides is 1. The van der Waals surface area contributed by atoms with E-state index in [1.807, 2.05) is 31.2 Å². The number of hydrogen-bond donors (Lipinski definition) is 2. The highest BCUT2D eigenvalue weighted by molar-refractivity contribution is 5.98. The van der Waals surface area contributed by atoms with Gasteiger partial charge in [-0.3, -0.25) is 4.79 Å². The van der Waals surface area contributed by atoms with Gasteiger partial charge >= 0.3 is 0 Å². The zero-order valence-electron chi connectivity index (χ0n) is 15.7. The zero-order chi connectivity index (χ0) is 19.0. The van der Waals surface area contributed by atoms with Crippen molar-refractivity contribution in [3.05, 3.63) is 58.7 Å². The predicted molar refractivity (Wildman–Crippen MR) is 102 cm³/mol. The summed E-state index contributed by atoms with van der Waals surface area (Å²) in [4.78, 5) is 13.1. The Balaban J connectivity index is 1.63. The van der Waals surface area contributed by atoms with E-state index in [4.69, 9.17) is 9.47 Å². The molecule has 1 atom stereocenters. The maximum Gasteiger partial charge on any atom is 0.255 e. The molecule has 0 unspecified atom stereocenters. The Hall–Kier alpha value is -2.53. The normalized spacial score (nSPS) is 21.6. The molecule has 0 bridgehead atoms. The van der Waals surface area contributed by atoms with Gasteiger partial charge in [-0.15, -0.1) is 0 Å². The van der Waals surface area contributed by atoms with E-state index >= 15 is 0 Å². The summed E-state index contributed by atoms with van der Waals surface area (Å²) in [5.74, 6) is 1.58. The van der Waals surface area contributed by atoms with Gasteiger partial charge in [0, 0.05) is 6.42 Å². The molecule has 1 aliphatic carbocycles. The molecule has 27 heavy (non-hydrogen) atoms. The van der Waals surface area contributed by atoms with Gasteiger partial charge in [0.05, 0.1) is 31.4 Å². The zero-order valence-corrected chi connectivity index (χ0v) is 15.7. The molecule has 0 spiro atoms. The highest BCUT2D eigenvalue weighted by Gasteiger charge is 2.36. The van der Waals surface area contributed by atoms with Crippen LogP contribution in [0.1, 0.15) is 45.9 Å². The number of ether oxygens (including phenoxy) is 2. The Bertz CT molecular complexity index is 857. The van der Waals surface area contributed by atoms with Crippen molar-refractivity contribution in [3.8, 4) is 11.5 Å². The second-order valence-electron chi connectivity index (χ2n) is 7.45. The van der Waals surface area contributed by atoms with E-state index < -0.39 is 0 Å². The first-order valence-corrected chi connectivity index (χ1v) is 9.45. The lowest BCUT2D eigenvalue weighted by atomic mass is 9.74. The van der Waals surface area contributed by atoms with Gasteiger partial charge in [0.25, 0.3) is 5.91 Å². The molecule has 2 aliphatic rings. The average Bonchev–Trinajstić information content (AvgIpc) is 3.11. The van der Waals surface area contributed by atoms with E-state index in [1.54, 1.807) is 13.2 Å². The van der Waals surface area contributed by atoms with Gasteiger partial charge < -0.3 is 19.9 Å². The van der Waals surface area contributed by atoms with Crippen molar-refractivity contribution >= 4 is 5.91 Å². The molecule has 0 saturated heterocycles. The monoisotopic (exact) mass is 367 g/mol. The van der Waals surface area contributed by atoms with Crippen molar-refractivity contribution in [2.45, 2.75) is 38.3 Å². The van der Waals surface area contributed by atoms with Gasteiger partial charge in [-0.25, -0.2) is 0 Å². The van der Waals surface area contributed by atoms with Gasteiger partial charge in [0.15, 0.2) is 0 Å². The summed E-state index contributed by atoms with van der Waals surface area (Å²) in [6, 6.07) is 11.6. The topological polar surface area (TPSA) is 67.8 Å². The smallest absolute Gasteiger partial charge is 0.255 e. The van der Waals surface area contributed by atoms with Crippen LogP contribution in [0.5, 0.6) is 11.5 Å². The fourth-order valence-electron chi connectivity index (χ4n) is 4.09. The van der Waals surface area contributed by atoms with Crippen molar-refractivity contribution < 1.29 is 19.4 Å². The Kier molecular flexibility index (Phi) is 4.79. The fourth-order valence-corrected chi connectivity index (χ4v) is 4.09. The molecule has 2 aromatic carbocycles. The third-order valence-corrected chi connectivity index (χ3v) is 5.66. The molecule has 2 N–H and O–H groups in total. The van der Waals surface area contributed by atoms with E-state index in [9.17, 15) is 9.90 Å². The van der Waals surface area contributed by atoms with E-state index in [0.29, 0.717) is 30.8 Å². The SMILES string of the molecule is COc1cccc(C)c1C(=O)N[C@H](c1ccc2c(c1)CCO2)C1CC(O)C1. The summed E-state index contributed by atoms with van der Waals surface area (Å²) in [6.45, 7) is 2.62. The van der Waals surface area contributed by atoms with Gasteiger partial charge in [0.1, 0.15) is 11.5 Å². The van der Waals surface area contributed by atoms with Gasteiger partial charge in [-0.05, 0) is 60.6 Å². The van der Waals surface area contributed by atoms with Gasteiger partial charge in [-0.1, -0.05) is 18.2 Å². The molecule has 1 amide bonds. The number of methoxy groups -OCH3 is 1. The van der Waals surface area contributed by atoms with Gasteiger partial charge in [-0.2, -0.15) is 0 Å². The third kappa shape index (κ3) is 3.39. The molecular formula is C22H25NO4. The largest absolute Gasteiger partial charge is 0.496 e. The first kappa shape index (κ1) is 17.9. The maximum atomic E-state index is 13.1. The average molecular weight is 367 g/mol. The minimum atomic E-state index is -0.278. The second-order valence-corrected chi connectivity index (χ2v) is 7.45. The number of fused-ring (bicyclic) bond motifs is 1. The summed E-state index contributed by atoms with van der Waals surface area (Å²) in [5, 5.41) is 13.0. The highest BCUT2D eigenvalue weighted by atomic mass is 16.5. The molecule has 1 aliphatic heterocycles. The Labute approximate surface area is 159 Å². The highest BCUT2D eigenvalue weighted by Crippen LogP contribution is 2.40. The van der Waals surface area contributed by atoms with Crippen LogP contribution < -0.4 is 14.8 Å². The molecule has 5 heteroatoms. The van der Waals surface area contributed by atoms with Crippen molar-refractivity contribution in [3.63, 3.8) is 0 Å². The van der Waals surface area contributed by atoms with Crippen LogP contribution in [-0.4, -0.2) is 30.8 Å². The number of aliphatic hydroxyl groups excluding tert-OH is 1. The standard InChI is InChI=1S/C22H25NO4/c1-13-4-3-5-19(26-2)20(13)22(25)23-21(16-11-17(24)12-16)15-6-7-18-14(10-15)8-9-27-18/h3-7,10,16-17,21,24H,8-9,11-12H2,1-2H3,(H,23,25)/t16?,17?,21-/m1/s1. The summed E-state index contributed by atoms with van der Waals surface area (Å²) in [5.41, 5.74) is 3.69. The molecule has 1 heterocycles. The molecule has 0 radical (unpaired) electrons. The summed E-state index contributed by atoms with van der Waals surface area (Å²) in [7, 11) is 1.58. The molecular weight excluding hydrogens is 342 g/mol. The van der Waals surface area contributed by atoms with Gasteiger partial charge in [0.2, 0.25) is 0 Å². The number of aryl methyl sites for hydroxylation is 1. The number of nitrogens with one attached hydrogen (secondary N) is 1. The number of hydrogen-bond acceptors (Lipinski definition) is 4. The van der Waals surface area contributed by atoms with E-state index in [0.717, 1.165) is 23.3 Å². The van der Waals surface area contributed by atoms with Crippen molar-refractivity contribution in [2.24, 2.45) is 5.92 Å². The lowest BCUT2D eigenvalue weighted by molar-refractivity contribution is 0.0235. The molecule has 0 aromatic heterocycles. The Morgan fingerprint density at radius 3 is 2.85 bits per heavy atom. The number of benzene rings is 2. The molecule has 5 nitrogen and oxygen atoms in total. The minimum Gasteiger partial charge on any atom is -0.496 e. The summed E-state index contributed by atoms with van der Waals surface area (Å²) >= 11 is 0. The minimum absolute atomic E-state index is 0.142. The molecule has 1 saturated carbocycles. The summed E-state index contributed by atoms with van der Waals surface area (Å²) < 4.78 is 11.0. The molecule has 142 valence electrons. The van der Waals surface area contributed by atoms with Crippen molar-refractivity contribution in [2.75, 3.05) is 13.7 Å². The first-order valence-electron chi connectivity index (χ1n) is 9.45. The maximum absolute atomic E-state index is 13.1. The van der Waals surface area contributed by atoms with Crippen molar-refractivity contribution in [1.29, 1.82) is 0 Å². The predicted octanol–water partition coefficient (Wildman–Crippen LogP) is 3.18. The van der Waals surface area contributed by atoms with E-state index in [-0.39, 0.29) is 24.0 Å². The van der Waals surface area contributed by atoms with Crippen LogP contribution in [0.2, 0.25) is 0 Å². The van der Waals surface area contributed by atoms with Crippen molar-refractivity contribution in [1.82, 2.24) is 5.32 Å². The molecule has 2 aromatic rings. The molecule has 1 fully saturated rings. The van der Waals surface area contributed by atoms with Crippen LogP contribution in [0.3, 0.4) is 0 Å². The van der Waals surface area contributed by atoms with Crippen LogP contribution in [0.25, 0.3) is 0 Å². The third-order valence-electron chi connectivity index (χ3n) is 5.66. The lowest BCUT2D eigenvalue weighted by Gasteiger charge is -2.38. The van der Waals surface area contributed by atoms with Crippen LogP contribution in [0.4, 0.5) is 0 Å².